The Hall–Kier alpha value is -0.690. The number of primary amides is 1. The van der Waals surface area contributed by atoms with Gasteiger partial charge in [0, 0.05) is 0 Å². The van der Waals surface area contributed by atoms with Crippen LogP contribution in [0, 0.1) is 0 Å². The Morgan fingerprint density at radius 1 is 1.20 bits per heavy atom. The Balaban J connectivity index is 4.17. The molecule has 0 radical (unpaired) electrons. The van der Waals surface area contributed by atoms with Crippen molar-refractivity contribution in [1.29, 1.82) is 0 Å². The summed E-state index contributed by atoms with van der Waals surface area (Å²) in [6.07, 6.45) is -4.56. The lowest BCUT2D eigenvalue weighted by atomic mass is 9.99. The molecule has 0 aliphatic rings. The quantitative estimate of drug-likeness (QED) is 0.343. The maximum atomic E-state index is 10.5. The number of hydrogen-bond acceptors (Lipinski definition) is 5. The molecule has 0 aliphatic carbocycles. The van der Waals surface area contributed by atoms with E-state index in [9.17, 15) is 20.1 Å². The fourth-order valence-corrected chi connectivity index (χ4v) is 1.17. The summed E-state index contributed by atoms with van der Waals surface area (Å²) in [5.41, 5.74) is 4.73. The monoisotopic (exact) mass is 221 g/mol. The third-order valence-corrected chi connectivity index (χ3v) is 2.21. The summed E-state index contributed by atoms with van der Waals surface area (Å²) in [6, 6.07) is 0. The molecule has 4 atom stereocenters. The van der Waals surface area contributed by atoms with Crippen molar-refractivity contribution in [3.05, 3.63) is 0 Å². The first-order valence-corrected chi connectivity index (χ1v) is 4.93. The molecule has 0 saturated carbocycles. The highest BCUT2D eigenvalue weighted by Crippen LogP contribution is 2.10. The number of carbonyl (C=O) groups excluding carboxylic acids is 1. The molecule has 0 bridgehead atoms. The molecule has 0 heterocycles. The second kappa shape index (κ2) is 6.73. The lowest BCUT2D eigenvalue weighted by Crippen LogP contribution is -2.49. The molecule has 1 amide bonds. The molecule has 15 heavy (non-hydrogen) atoms. The van der Waals surface area contributed by atoms with Crippen molar-refractivity contribution in [1.82, 2.24) is 0 Å². The van der Waals surface area contributed by atoms with Crippen LogP contribution in [0.1, 0.15) is 26.2 Å². The number of hydrogen-bond donors (Lipinski definition) is 5. The Morgan fingerprint density at radius 3 is 2.13 bits per heavy atom. The number of carbonyl (C=O) groups is 1. The van der Waals surface area contributed by atoms with Crippen LogP contribution in [0.25, 0.3) is 0 Å². The highest BCUT2D eigenvalue weighted by atomic mass is 16.4. The molecule has 0 aromatic carbocycles. The van der Waals surface area contributed by atoms with Crippen molar-refractivity contribution in [3.8, 4) is 0 Å². The van der Waals surface area contributed by atoms with Gasteiger partial charge in [0.2, 0.25) is 5.91 Å². The van der Waals surface area contributed by atoms with Crippen LogP contribution in [0.4, 0.5) is 0 Å². The van der Waals surface area contributed by atoms with Gasteiger partial charge in [0.1, 0.15) is 12.2 Å². The van der Waals surface area contributed by atoms with Gasteiger partial charge in [0.25, 0.3) is 0 Å². The molecule has 0 saturated heterocycles. The van der Waals surface area contributed by atoms with Crippen LogP contribution in [-0.2, 0) is 4.79 Å². The Labute approximate surface area is 88.3 Å². The lowest BCUT2D eigenvalue weighted by Gasteiger charge is -2.24. The number of amides is 1. The topological polar surface area (TPSA) is 124 Å². The van der Waals surface area contributed by atoms with Crippen molar-refractivity contribution in [2.75, 3.05) is 0 Å². The molecule has 0 unspecified atom stereocenters. The Bertz CT molecular complexity index is 199. The van der Waals surface area contributed by atoms with E-state index < -0.39 is 30.3 Å². The van der Waals surface area contributed by atoms with Crippen molar-refractivity contribution in [2.24, 2.45) is 5.73 Å². The summed E-state index contributed by atoms with van der Waals surface area (Å²) in [5.74, 6) is -1.13. The van der Waals surface area contributed by atoms with Gasteiger partial charge < -0.3 is 26.2 Å². The minimum absolute atomic E-state index is 0.292. The van der Waals surface area contributed by atoms with Crippen LogP contribution in [0.15, 0.2) is 0 Å². The third-order valence-electron chi connectivity index (χ3n) is 2.21. The average molecular weight is 221 g/mol. The number of rotatable bonds is 7. The van der Waals surface area contributed by atoms with E-state index in [4.69, 9.17) is 10.8 Å². The first-order valence-electron chi connectivity index (χ1n) is 4.93. The van der Waals surface area contributed by atoms with E-state index in [1.54, 1.807) is 0 Å². The second-order valence-corrected chi connectivity index (χ2v) is 3.54. The van der Waals surface area contributed by atoms with Gasteiger partial charge in [-0.25, -0.2) is 0 Å². The summed E-state index contributed by atoms with van der Waals surface area (Å²) < 4.78 is 0. The molecular formula is C9H19NO5. The van der Waals surface area contributed by atoms with Crippen molar-refractivity contribution >= 4 is 5.91 Å². The van der Waals surface area contributed by atoms with Crippen LogP contribution in [0.2, 0.25) is 0 Å². The van der Waals surface area contributed by atoms with Crippen LogP contribution >= 0.6 is 0 Å². The molecule has 0 aromatic rings. The molecular weight excluding hydrogens is 202 g/mol. The second-order valence-electron chi connectivity index (χ2n) is 3.54. The summed E-state index contributed by atoms with van der Waals surface area (Å²) in [6.45, 7) is 1.91. The lowest BCUT2D eigenvalue weighted by molar-refractivity contribution is -0.144. The highest BCUT2D eigenvalue weighted by Gasteiger charge is 2.32. The van der Waals surface area contributed by atoms with Gasteiger partial charge in [0.05, 0.1) is 6.10 Å². The average Bonchev–Trinajstić information content (AvgIpc) is 2.22. The number of nitrogens with two attached hydrogens (primary N) is 1. The van der Waals surface area contributed by atoms with Crippen molar-refractivity contribution < 1.29 is 25.2 Å². The fourth-order valence-electron chi connectivity index (χ4n) is 1.17. The normalized spacial score (nSPS) is 19.3. The predicted octanol–water partition coefficient (Wildman–Crippen LogP) is -1.89. The molecule has 90 valence electrons. The summed E-state index contributed by atoms with van der Waals surface area (Å²) in [4.78, 5) is 10.5. The van der Waals surface area contributed by atoms with Crippen molar-refractivity contribution in [3.63, 3.8) is 0 Å². The van der Waals surface area contributed by atoms with E-state index in [0.29, 0.717) is 12.8 Å². The van der Waals surface area contributed by atoms with E-state index in [-0.39, 0.29) is 0 Å². The first-order chi connectivity index (χ1) is 6.91. The standard InChI is InChI=1S/C9H19NO5/c1-2-3-4-5(11)6(12)7(13)8(14)9(10)15/h5-8,11-14H,2-4H2,1H3,(H2,10,15)/t5-,6-,7+,8-/m1/s1. The maximum Gasteiger partial charge on any atom is 0.249 e. The van der Waals surface area contributed by atoms with Gasteiger partial charge in [-0.3, -0.25) is 4.79 Å². The largest absolute Gasteiger partial charge is 0.390 e. The molecule has 0 aliphatic heterocycles. The van der Waals surface area contributed by atoms with Gasteiger partial charge in [0.15, 0.2) is 6.10 Å². The molecule has 0 aromatic heterocycles. The molecule has 6 N–H and O–H groups in total. The highest BCUT2D eigenvalue weighted by molar-refractivity contribution is 5.79. The Kier molecular flexibility index (Phi) is 6.42. The zero-order valence-corrected chi connectivity index (χ0v) is 8.71. The first kappa shape index (κ1) is 14.3. The minimum atomic E-state index is -1.86. The molecule has 0 rings (SSSR count). The van der Waals surface area contributed by atoms with E-state index >= 15 is 0 Å². The predicted molar refractivity (Wildman–Crippen MR) is 52.7 cm³/mol. The Morgan fingerprint density at radius 2 is 1.73 bits per heavy atom. The van der Waals surface area contributed by atoms with Gasteiger partial charge in [-0.15, -0.1) is 0 Å². The maximum absolute atomic E-state index is 10.5. The van der Waals surface area contributed by atoms with Gasteiger partial charge >= 0.3 is 0 Å². The SMILES string of the molecule is CCCC[C@@H](O)[C@@H](O)[C@H](O)[C@@H](O)C(N)=O. The van der Waals surface area contributed by atoms with Gasteiger partial charge in [-0.2, -0.15) is 0 Å². The summed E-state index contributed by atoms with van der Waals surface area (Å²) >= 11 is 0. The molecule has 6 heteroatoms. The zero-order chi connectivity index (χ0) is 12.0. The fraction of sp³-hybridized carbons (Fsp3) is 0.889. The minimum Gasteiger partial charge on any atom is -0.390 e. The third kappa shape index (κ3) is 4.57. The van der Waals surface area contributed by atoms with E-state index in [1.807, 2.05) is 6.92 Å². The van der Waals surface area contributed by atoms with E-state index in [0.717, 1.165) is 6.42 Å². The van der Waals surface area contributed by atoms with Crippen LogP contribution in [0.5, 0.6) is 0 Å². The number of aliphatic hydroxyl groups excluding tert-OH is 4. The van der Waals surface area contributed by atoms with E-state index in [2.05, 4.69) is 0 Å². The molecule has 6 nitrogen and oxygen atoms in total. The van der Waals surface area contributed by atoms with Crippen LogP contribution in [-0.4, -0.2) is 50.7 Å². The van der Waals surface area contributed by atoms with Crippen LogP contribution < -0.4 is 5.73 Å². The molecule has 0 fully saturated rings. The van der Waals surface area contributed by atoms with E-state index in [1.165, 1.54) is 0 Å². The number of unbranched alkanes of at least 4 members (excludes halogenated alkanes) is 1. The molecule has 0 spiro atoms. The van der Waals surface area contributed by atoms with Gasteiger partial charge in [-0.05, 0) is 6.42 Å². The van der Waals surface area contributed by atoms with Crippen LogP contribution in [0.3, 0.4) is 0 Å². The smallest absolute Gasteiger partial charge is 0.249 e. The number of aliphatic hydroxyl groups is 4. The van der Waals surface area contributed by atoms with Crippen molar-refractivity contribution in [2.45, 2.75) is 50.6 Å². The summed E-state index contributed by atoms with van der Waals surface area (Å²) in [7, 11) is 0. The summed E-state index contributed by atoms with van der Waals surface area (Å²) in [5, 5.41) is 37.1. The van der Waals surface area contributed by atoms with Gasteiger partial charge in [-0.1, -0.05) is 19.8 Å². The zero-order valence-electron chi connectivity index (χ0n) is 8.71.